The summed E-state index contributed by atoms with van der Waals surface area (Å²) < 4.78 is 29.1. The van der Waals surface area contributed by atoms with E-state index in [1.54, 1.807) is 20.8 Å². The Balaban J connectivity index is 1.81. The summed E-state index contributed by atoms with van der Waals surface area (Å²) in [5, 5.41) is 0. The van der Waals surface area contributed by atoms with E-state index in [0.717, 1.165) is 5.56 Å². The highest BCUT2D eigenvalue weighted by Gasteiger charge is 2.39. The van der Waals surface area contributed by atoms with Crippen molar-refractivity contribution < 1.29 is 28.2 Å². The summed E-state index contributed by atoms with van der Waals surface area (Å²) in [6, 6.07) is 9.17. The smallest absolute Gasteiger partial charge is 0.445 e. The Hall–Kier alpha value is -2.31. The molecule has 2 rings (SSSR count). The van der Waals surface area contributed by atoms with E-state index in [0.29, 0.717) is 0 Å². The molecule has 24 heavy (non-hydrogen) atoms. The van der Waals surface area contributed by atoms with Gasteiger partial charge in [-0.25, -0.2) is 14.0 Å². The number of alkyl halides is 1. The molecule has 1 aromatic carbocycles. The second-order valence-electron chi connectivity index (χ2n) is 6.58. The molecule has 6 nitrogen and oxygen atoms in total. The van der Waals surface area contributed by atoms with Gasteiger partial charge >= 0.3 is 12.2 Å². The van der Waals surface area contributed by atoms with E-state index < -0.39 is 30.1 Å². The van der Waals surface area contributed by atoms with Crippen LogP contribution in [-0.2, 0) is 20.8 Å². The third-order valence-corrected chi connectivity index (χ3v) is 3.30. The molecule has 1 aliphatic rings. The predicted octanol–water partition coefficient (Wildman–Crippen LogP) is 3.30. The molecule has 7 heteroatoms. The van der Waals surface area contributed by atoms with Crippen LogP contribution in [0.15, 0.2) is 30.3 Å². The van der Waals surface area contributed by atoms with Crippen molar-refractivity contribution in [1.82, 2.24) is 4.90 Å². The topological polar surface area (TPSA) is 65.1 Å². The molecule has 1 amide bonds. The average molecular weight is 339 g/mol. The van der Waals surface area contributed by atoms with Gasteiger partial charge in [-0.05, 0) is 26.3 Å². The lowest BCUT2D eigenvalue weighted by molar-refractivity contribution is -0.0351. The van der Waals surface area contributed by atoms with Crippen molar-refractivity contribution in [2.45, 2.75) is 45.3 Å². The van der Waals surface area contributed by atoms with Gasteiger partial charge in [0.15, 0.2) is 12.3 Å². The van der Waals surface area contributed by atoms with Crippen LogP contribution in [0.4, 0.5) is 14.0 Å². The second kappa shape index (κ2) is 7.51. The Morgan fingerprint density at radius 1 is 1.21 bits per heavy atom. The van der Waals surface area contributed by atoms with Crippen LogP contribution >= 0.6 is 0 Å². The van der Waals surface area contributed by atoms with Crippen LogP contribution in [0.5, 0.6) is 0 Å². The molecular formula is C17H22FNO5. The SMILES string of the molecule is CC(C)(C)OC(=O)OC1CN(C(=O)OCc2ccccc2)CC1F. The molecule has 1 heterocycles. The zero-order valence-corrected chi connectivity index (χ0v) is 14.0. The van der Waals surface area contributed by atoms with Crippen molar-refractivity contribution in [2.75, 3.05) is 13.1 Å². The molecule has 132 valence electrons. The van der Waals surface area contributed by atoms with Gasteiger partial charge in [-0.3, -0.25) is 0 Å². The maximum absolute atomic E-state index is 14.0. The van der Waals surface area contributed by atoms with Crippen molar-refractivity contribution in [3.63, 3.8) is 0 Å². The number of carbonyl (C=O) groups is 2. The second-order valence-corrected chi connectivity index (χ2v) is 6.58. The minimum absolute atomic E-state index is 0.0615. The molecule has 0 aliphatic carbocycles. The number of ether oxygens (including phenoxy) is 3. The van der Waals surface area contributed by atoms with Gasteiger partial charge in [0.25, 0.3) is 0 Å². The first-order valence-electron chi connectivity index (χ1n) is 7.74. The van der Waals surface area contributed by atoms with Crippen molar-refractivity contribution in [1.29, 1.82) is 0 Å². The molecule has 1 fully saturated rings. The fourth-order valence-corrected chi connectivity index (χ4v) is 2.20. The number of likely N-dealkylation sites (tertiary alicyclic amines) is 1. The lowest BCUT2D eigenvalue weighted by Crippen LogP contribution is -2.33. The zero-order chi connectivity index (χ0) is 17.7. The molecule has 2 unspecified atom stereocenters. The van der Waals surface area contributed by atoms with Gasteiger partial charge in [-0.1, -0.05) is 30.3 Å². The summed E-state index contributed by atoms with van der Waals surface area (Å²) in [5.41, 5.74) is 0.110. The van der Waals surface area contributed by atoms with E-state index in [-0.39, 0.29) is 19.7 Å². The van der Waals surface area contributed by atoms with Crippen molar-refractivity contribution in [2.24, 2.45) is 0 Å². The minimum atomic E-state index is -1.47. The summed E-state index contributed by atoms with van der Waals surface area (Å²) in [4.78, 5) is 24.8. The first-order chi connectivity index (χ1) is 11.2. The van der Waals surface area contributed by atoms with E-state index in [1.165, 1.54) is 4.90 Å². The summed E-state index contributed by atoms with van der Waals surface area (Å²) >= 11 is 0. The van der Waals surface area contributed by atoms with E-state index in [2.05, 4.69) is 0 Å². The van der Waals surface area contributed by atoms with Crippen molar-refractivity contribution in [3.8, 4) is 0 Å². The highest BCUT2D eigenvalue weighted by Crippen LogP contribution is 2.20. The maximum atomic E-state index is 14.0. The summed E-state index contributed by atoms with van der Waals surface area (Å²) in [5.74, 6) is 0. The van der Waals surface area contributed by atoms with E-state index in [1.807, 2.05) is 30.3 Å². The van der Waals surface area contributed by atoms with Crippen molar-refractivity contribution >= 4 is 12.2 Å². The number of hydrogen-bond donors (Lipinski definition) is 0. The number of halogens is 1. The van der Waals surface area contributed by atoms with Crippen LogP contribution in [0.2, 0.25) is 0 Å². The molecular weight excluding hydrogens is 317 g/mol. The molecule has 0 N–H and O–H groups in total. The van der Waals surface area contributed by atoms with Gasteiger partial charge < -0.3 is 19.1 Å². The predicted molar refractivity (Wildman–Crippen MR) is 84.2 cm³/mol. The fourth-order valence-electron chi connectivity index (χ4n) is 2.20. The fraction of sp³-hybridized carbons (Fsp3) is 0.529. The van der Waals surface area contributed by atoms with Gasteiger partial charge in [0.1, 0.15) is 12.2 Å². The minimum Gasteiger partial charge on any atom is -0.445 e. The van der Waals surface area contributed by atoms with Gasteiger partial charge in [-0.2, -0.15) is 0 Å². The molecule has 1 aromatic rings. The van der Waals surface area contributed by atoms with Crippen LogP contribution in [0.3, 0.4) is 0 Å². The highest BCUT2D eigenvalue weighted by atomic mass is 19.1. The molecule has 0 spiro atoms. The molecule has 1 saturated heterocycles. The molecule has 0 bridgehead atoms. The Morgan fingerprint density at radius 3 is 2.50 bits per heavy atom. The third kappa shape index (κ3) is 5.40. The van der Waals surface area contributed by atoms with Crippen LogP contribution < -0.4 is 0 Å². The lowest BCUT2D eigenvalue weighted by atomic mass is 10.2. The summed E-state index contributed by atoms with van der Waals surface area (Å²) in [6.07, 6.45) is -4.11. The summed E-state index contributed by atoms with van der Waals surface area (Å²) in [7, 11) is 0. The zero-order valence-electron chi connectivity index (χ0n) is 14.0. The van der Waals surface area contributed by atoms with Gasteiger partial charge in [0.2, 0.25) is 0 Å². The Kier molecular flexibility index (Phi) is 5.64. The maximum Gasteiger partial charge on any atom is 0.509 e. The first kappa shape index (κ1) is 18.0. The number of hydrogen-bond acceptors (Lipinski definition) is 5. The number of rotatable bonds is 3. The highest BCUT2D eigenvalue weighted by molar-refractivity contribution is 5.68. The van der Waals surface area contributed by atoms with Gasteiger partial charge in [0.05, 0.1) is 13.1 Å². The van der Waals surface area contributed by atoms with Crippen LogP contribution in [0.25, 0.3) is 0 Å². The van der Waals surface area contributed by atoms with E-state index >= 15 is 0 Å². The largest absolute Gasteiger partial charge is 0.509 e. The third-order valence-electron chi connectivity index (χ3n) is 3.30. The van der Waals surface area contributed by atoms with E-state index in [9.17, 15) is 14.0 Å². The van der Waals surface area contributed by atoms with Crippen LogP contribution in [0.1, 0.15) is 26.3 Å². The quantitative estimate of drug-likeness (QED) is 0.791. The molecule has 2 atom stereocenters. The molecule has 0 saturated carbocycles. The number of amides is 1. The Bertz CT molecular complexity index is 572. The van der Waals surface area contributed by atoms with Gasteiger partial charge in [0, 0.05) is 0 Å². The number of benzene rings is 1. The monoisotopic (exact) mass is 339 g/mol. The summed E-state index contributed by atoms with van der Waals surface area (Å²) in [6.45, 7) is 4.91. The average Bonchev–Trinajstić information content (AvgIpc) is 2.85. The number of carbonyl (C=O) groups excluding carboxylic acids is 2. The normalized spacial score (nSPS) is 20.6. The van der Waals surface area contributed by atoms with Crippen LogP contribution in [0, 0.1) is 0 Å². The standard InChI is InChI=1S/C17H22FNO5/c1-17(2,3)24-16(21)23-14-10-19(9-13(14)18)15(20)22-11-12-7-5-4-6-8-12/h4-8,13-14H,9-11H2,1-3H3. The van der Waals surface area contributed by atoms with Crippen molar-refractivity contribution in [3.05, 3.63) is 35.9 Å². The molecule has 1 aliphatic heterocycles. The Labute approximate surface area is 140 Å². The first-order valence-corrected chi connectivity index (χ1v) is 7.74. The van der Waals surface area contributed by atoms with Crippen LogP contribution in [-0.4, -0.2) is 48.1 Å². The molecule has 0 radical (unpaired) electrons. The molecule has 0 aromatic heterocycles. The van der Waals surface area contributed by atoms with Gasteiger partial charge in [-0.15, -0.1) is 0 Å². The number of nitrogens with zero attached hydrogens (tertiary/aromatic N) is 1. The lowest BCUT2D eigenvalue weighted by Gasteiger charge is -2.21. The Morgan fingerprint density at radius 2 is 1.88 bits per heavy atom. The van der Waals surface area contributed by atoms with E-state index in [4.69, 9.17) is 14.2 Å².